The van der Waals surface area contributed by atoms with Crippen LogP contribution in [0.25, 0.3) is 17.3 Å². The molecule has 1 aromatic heterocycles. The first-order chi connectivity index (χ1) is 16.9. The highest BCUT2D eigenvalue weighted by atomic mass is 35.5. The van der Waals surface area contributed by atoms with Crippen molar-refractivity contribution >= 4 is 33.4 Å². The number of benzene rings is 2. The molecule has 0 aliphatic carbocycles. The summed E-state index contributed by atoms with van der Waals surface area (Å²) >= 11 is 6.01. The fourth-order valence-corrected chi connectivity index (χ4v) is 5.23. The van der Waals surface area contributed by atoms with E-state index in [1.54, 1.807) is 47.5 Å². The molecule has 3 aromatic rings. The Balaban J connectivity index is 1.42. The molecule has 0 radical (unpaired) electrons. The molecular formula is C26H26ClN3O4S. The molecule has 0 spiro atoms. The smallest absolute Gasteiger partial charge is 0.253 e. The molecule has 4 rings (SSSR count). The van der Waals surface area contributed by atoms with Crippen LogP contribution < -0.4 is 5.32 Å². The summed E-state index contributed by atoms with van der Waals surface area (Å²) in [6, 6.07) is 19.8. The van der Waals surface area contributed by atoms with Crippen molar-refractivity contribution in [3.8, 4) is 11.3 Å². The van der Waals surface area contributed by atoms with Gasteiger partial charge in [0, 0.05) is 35.8 Å². The number of hydrogen-bond donors (Lipinski definition) is 2. The van der Waals surface area contributed by atoms with Crippen molar-refractivity contribution in [1.82, 2.24) is 15.2 Å². The van der Waals surface area contributed by atoms with E-state index in [-0.39, 0.29) is 19.1 Å². The van der Waals surface area contributed by atoms with Crippen LogP contribution in [0.5, 0.6) is 0 Å². The van der Waals surface area contributed by atoms with Gasteiger partial charge in [-0.1, -0.05) is 42.5 Å². The van der Waals surface area contributed by atoms with Gasteiger partial charge >= 0.3 is 0 Å². The third-order valence-electron chi connectivity index (χ3n) is 5.82. The van der Waals surface area contributed by atoms with E-state index in [2.05, 4.69) is 10.3 Å². The van der Waals surface area contributed by atoms with Gasteiger partial charge in [0.1, 0.15) is 5.37 Å². The van der Waals surface area contributed by atoms with Gasteiger partial charge < -0.3 is 10.0 Å². The van der Waals surface area contributed by atoms with Crippen LogP contribution in [0, 0.1) is 0 Å². The number of rotatable bonds is 7. The van der Waals surface area contributed by atoms with Crippen LogP contribution in [-0.4, -0.2) is 60.9 Å². The van der Waals surface area contributed by atoms with Crippen molar-refractivity contribution in [3.05, 3.63) is 95.0 Å². The fraction of sp³-hybridized carbons (Fsp3) is 0.231. The molecule has 9 heteroatoms. The first kappa shape index (κ1) is 25.1. The number of halogens is 1. The van der Waals surface area contributed by atoms with Crippen LogP contribution in [0.4, 0.5) is 0 Å². The Kier molecular flexibility index (Phi) is 7.97. The Morgan fingerprint density at radius 2 is 1.89 bits per heavy atom. The number of piperazine rings is 1. The summed E-state index contributed by atoms with van der Waals surface area (Å²) in [5, 5.41) is 11.9. The number of pyridine rings is 1. The third-order valence-corrected chi connectivity index (χ3v) is 7.84. The number of amides is 1. The number of alkyl halides is 1. The molecule has 182 valence electrons. The van der Waals surface area contributed by atoms with Crippen LogP contribution >= 0.6 is 11.6 Å². The van der Waals surface area contributed by atoms with Gasteiger partial charge in [0.05, 0.1) is 24.2 Å². The van der Waals surface area contributed by atoms with E-state index >= 15 is 0 Å². The standard InChI is InChI=1S/C26H26ClN3O4S/c27-23(18-31)20-6-4-19(5-7-20)12-16-35(33,34)25-17-30(15-14-29-25)26(32)22-10-8-21(9-11-22)24-3-1-2-13-28-24/h1-13,16,23,25,29,31H,14-15,17-18H2/b16-12+. The molecule has 2 aromatic carbocycles. The molecule has 1 saturated heterocycles. The van der Waals surface area contributed by atoms with Gasteiger partial charge in [0.15, 0.2) is 9.84 Å². The number of nitrogens with zero attached hydrogens (tertiary/aromatic N) is 2. The van der Waals surface area contributed by atoms with Crippen molar-refractivity contribution in [1.29, 1.82) is 0 Å². The number of sulfone groups is 1. The molecule has 1 fully saturated rings. The second-order valence-electron chi connectivity index (χ2n) is 8.19. The van der Waals surface area contributed by atoms with Crippen LogP contribution in [0.3, 0.4) is 0 Å². The Morgan fingerprint density at radius 1 is 1.14 bits per heavy atom. The zero-order chi connectivity index (χ0) is 24.8. The molecule has 0 saturated carbocycles. The van der Waals surface area contributed by atoms with Crippen LogP contribution in [-0.2, 0) is 9.84 Å². The van der Waals surface area contributed by atoms with Gasteiger partial charge in [-0.25, -0.2) is 8.42 Å². The normalized spacial score (nSPS) is 17.4. The average molecular weight is 512 g/mol. The average Bonchev–Trinajstić information content (AvgIpc) is 2.92. The fourth-order valence-electron chi connectivity index (χ4n) is 3.81. The minimum atomic E-state index is -3.66. The monoisotopic (exact) mass is 511 g/mol. The Labute approximate surface area is 210 Å². The lowest BCUT2D eigenvalue weighted by molar-refractivity contribution is 0.0726. The van der Waals surface area contributed by atoms with Crippen molar-refractivity contribution in [2.75, 3.05) is 26.2 Å². The first-order valence-corrected chi connectivity index (χ1v) is 13.2. The van der Waals surface area contributed by atoms with E-state index in [0.717, 1.165) is 16.8 Å². The molecule has 35 heavy (non-hydrogen) atoms. The molecular weight excluding hydrogens is 486 g/mol. The van der Waals surface area contributed by atoms with Crippen LogP contribution in [0.1, 0.15) is 26.9 Å². The van der Waals surface area contributed by atoms with Gasteiger partial charge in [0.25, 0.3) is 5.91 Å². The lowest BCUT2D eigenvalue weighted by atomic mass is 10.1. The minimum absolute atomic E-state index is 0.0524. The predicted octanol–water partition coefficient (Wildman–Crippen LogP) is 3.48. The summed E-state index contributed by atoms with van der Waals surface area (Å²) in [7, 11) is -3.66. The summed E-state index contributed by atoms with van der Waals surface area (Å²) in [5.74, 6) is -0.210. The molecule has 1 aliphatic heterocycles. The molecule has 7 nitrogen and oxygen atoms in total. The molecule has 0 bridgehead atoms. The Morgan fingerprint density at radius 3 is 2.54 bits per heavy atom. The summed E-state index contributed by atoms with van der Waals surface area (Å²) in [4.78, 5) is 18.9. The summed E-state index contributed by atoms with van der Waals surface area (Å²) in [6.07, 6.45) is 3.23. The molecule has 2 unspecified atom stereocenters. The van der Waals surface area contributed by atoms with Crippen molar-refractivity contribution < 1.29 is 18.3 Å². The van der Waals surface area contributed by atoms with Gasteiger partial charge in [-0.3, -0.25) is 15.1 Å². The molecule has 2 atom stereocenters. The maximum Gasteiger partial charge on any atom is 0.253 e. The Hall–Kier alpha value is -3.04. The van der Waals surface area contributed by atoms with Crippen LogP contribution in [0.2, 0.25) is 0 Å². The largest absolute Gasteiger partial charge is 0.394 e. The quantitative estimate of drug-likeness (QED) is 0.471. The maximum absolute atomic E-state index is 13.1. The molecule has 2 heterocycles. The summed E-state index contributed by atoms with van der Waals surface area (Å²) in [6.45, 7) is 0.671. The lowest BCUT2D eigenvalue weighted by Crippen LogP contribution is -2.55. The number of carbonyl (C=O) groups is 1. The van der Waals surface area contributed by atoms with E-state index in [0.29, 0.717) is 24.2 Å². The highest BCUT2D eigenvalue weighted by molar-refractivity contribution is 7.95. The second kappa shape index (κ2) is 11.1. The Bertz CT molecular complexity index is 1280. The minimum Gasteiger partial charge on any atom is -0.394 e. The highest BCUT2D eigenvalue weighted by Crippen LogP contribution is 2.21. The number of aliphatic hydroxyl groups excluding tert-OH is 1. The van der Waals surface area contributed by atoms with Gasteiger partial charge in [0.2, 0.25) is 0 Å². The zero-order valence-electron chi connectivity index (χ0n) is 18.9. The number of hydrogen-bond acceptors (Lipinski definition) is 6. The van der Waals surface area contributed by atoms with Gasteiger partial charge in [-0.2, -0.15) is 0 Å². The SMILES string of the molecule is O=C(c1ccc(-c2ccccn2)cc1)N1CCNC(S(=O)(=O)/C=C/c2ccc(C(Cl)CO)cc2)C1. The predicted molar refractivity (Wildman–Crippen MR) is 137 cm³/mol. The highest BCUT2D eigenvalue weighted by Gasteiger charge is 2.31. The number of carbonyl (C=O) groups excluding carboxylic acids is 1. The van der Waals surface area contributed by atoms with Gasteiger partial charge in [-0.15, -0.1) is 11.6 Å². The number of nitrogens with one attached hydrogen (secondary N) is 1. The number of aliphatic hydroxyl groups is 1. The summed E-state index contributed by atoms with van der Waals surface area (Å²) < 4.78 is 25.9. The van der Waals surface area contributed by atoms with E-state index in [1.165, 1.54) is 11.5 Å². The van der Waals surface area contributed by atoms with E-state index in [1.807, 2.05) is 30.3 Å². The molecule has 2 N–H and O–H groups in total. The van der Waals surface area contributed by atoms with E-state index < -0.39 is 20.6 Å². The lowest BCUT2D eigenvalue weighted by Gasteiger charge is -2.32. The van der Waals surface area contributed by atoms with Crippen LogP contribution in [0.15, 0.2) is 78.3 Å². The van der Waals surface area contributed by atoms with Crippen molar-refractivity contribution in [2.24, 2.45) is 0 Å². The first-order valence-electron chi connectivity index (χ1n) is 11.2. The molecule has 1 aliphatic rings. The maximum atomic E-state index is 13.1. The topological polar surface area (TPSA) is 99.6 Å². The summed E-state index contributed by atoms with van der Waals surface area (Å²) in [5.41, 5.74) is 3.66. The van der Waals surface area contributed by atoms with Crippen molar-refractivity contribution in [3.63, 3.8) is 0 Å². The second-order valence-corrected chi connectivity index (χ2v) is 10.7. The third kappa shape index (κ3) is 6.15. The van der Waals surface area contributed by atoms with Gasteiger partial charge in [-0.05, 0) is 41.5 Å². The van der Waals surface area contributed by atoms with E-state index in [9.17, 15) is 13.2 Å². The van der Waals surface area contributed by atoms with Crippen molar-refractivity contribution in [2.45, 2.75) is 10.8 Å². The van der Waals surface area contributed by atoms with E-state index in [4.69, 9.17) is 16.7 Å². The molecule has 1 amide bonds. The number of aromatic nitrogens is 1. The zero-order valence-corrected chi connectivity index (χ0v) is 20.5.